The zero-order chi connectivity index (χ0) is 16.9. The topological polar surface area (TPSA) is 100 Å². The quantitative estimate of drug-likeness (QED) is 0.875. The number of nitrogens with zero attached hydrogens (tertiary/aromatic N) is 3. The highest BCUT2D eigenvalue weighted by atomic mass is 32.1. The normalized spacial score (nSPS) is 15.3. The number of hydrogen-bond donors (Lipinski definition) is 2. The number of amides is 1. The Kier molecular flexibility index (Phi) is 5.09. The maximum atomic E-state index is 12.1. The Labute approximate surface area is 142 Å². The molecule has 1 amide bonds. The standard InChI is InChI=1S/C15H19N5O3S/c1-2-23-15(22)20-7-5-10(6-8-20)16-14-17-13(21)12(18-19-14)11-4-3-9-24-11/h3-4,9-10H,2,5-8H2,1H3,(H2,16,17,19,21). The van der Waals surface area contributed by atoms with Crippen LogP contribution in [0.15, 0.2) is 22.3 Å². The number of likely N-dealkylation sites (tertiary alicyclic amines) is 1. The van der Waals surface area contributed by atoms with Crippen LogP contribution in [0.5, 0.6) is 0 Å². The van der Waals surface area contributed by atoms with Crippen molar-refractivity contribution in [3.05, 3.63) is 27.9 Å². The number of H-pyrrole nitrogens is 1. The van der Waals surface area contributed by atoms with Crippen molar-refractivity contribution in [3.63, 3.8) is 0 Å². The molecular weight excluding hydrogens is 330 g/mol. The van der Waals surface area contributed by atoms with Gasteiger partial charge in [-0.25, -0.2) is 4.79 Å². The zero-order valence-electron chi connectivity index (χ0n) is 13.3. The fourth-order valence-corrected chi connectivity index (χ4v) is 3.30. The first-order valence-corrected chi connectivity index (χ1v) is 8.74. The third-order valence-corrected chi connectivity index (χ3v) is 4.69. The maximum absolute atomic E-state index is 12.1. The Balaban J connectivity index is 1.59. The van der Waals surface area contributed by atoms with Crippen LogP contribution in [0, 0.1) is 0 Å². The van der Waals surface area contributed by atoms with E-state index in [4.69, 9.17) is 4.74 Å². The van der Waals surface area contributed by atoms with E-state index < -0.39 is 0 Å². The van der Waals surface area contributed by atoms with E-state index in [2.05, 4.69) is 20.5 Å². The highest BCUT2D eigenvalue weighted by molar-refractivity contribution is 7.13. The van der Waals surface area contributed by atoms with Crippen molar-refractivity contribution in [2.45, 2.75) is 25.8 Å². The number of carbonyl (C=O) groups is 1. The second kappa shape index (κ2) is 7.43. The molecular formula is C15H19N5O3S. The molecule has 0 saturated carbocycles. The van der Waals surface area contributed by atoms with Gasteiger partial charge < -0.3 is 15.0 Å². The molecule has 128 valence electrons. The second-order valence-corrected chi connectivity index (χ2v) is 6.38. The van der Waals surface area contributed by atoms with Crippen LogP contribution in [0.25, 0.3) is 10.6 Å². The second-order valence-electron chi connectivity index (χ2n) is 5.43. The molecule has 0 atom stereocenters. The van der Waals surface area contributed by atoms with E-state index in [0.717, 1.165) is 17.7 Å². The minimum atomic E-state index is -0.274. The van der Waals surface area contributed by atoms with Crippen LogP contribution in [-0.4, -0.2) is 51.9 Å². The highest BCUT2D eigenvalue weighted by Crippen LogP contribution is 2.19. The minimum Gasteiger partial charge on any atom is -0.450 e. The Bertz CT molecular complexity index is 738. The molecule has 1 fully saturated rings. The molecule has 3 rings (SSSR count). The van der Waals surface area contributed by atoms with Gasteiger partial charge in [0.15, 0.2) is 5.69 Å². The van der Waals surface area contributed by atoms with Gasteiger partial charge in [-0.1, -0.05) is 6.07 Å². The summed E-state index contributed by atoms with van der Waals surface area (Å²) in [4.78, 5) is 29.0. The number of anilines is 1. The van der Waals surface area contributed by atoms with Crippen molar-refractivity contribution < 1.29 is 9.53 Å². The number of aromatic nitrogens is 3. The van der Waals surface area contributed by atoms with Gasteiger partial charge in [0.05, 0.1) is 11.5 Å². The lowest BCUT2D eigenvalue weighted by atomic mass is 10.1. The molecule has 2 aromatic rings. The van der Waals surface area contributed by atoms with Crippen molar-refractivity contribution in [1.82, 2.24) is 20.1 Å². The van der Waals surface area contributed by atoms with Crippen LogP contribution in [0.1, 0.15) is 19.8 Å². The van der Waals surface area contributed by atoms with Crippen molar-refractivity contribution in [2.75, 3.05) is 25.0 Å². The lowest BCUT2D eigenvalue weighted by Crippen LogP contribution is -2.43. The minimum absolute atomic E-state index is 0.133. The summed E-state index contributed by atoms with van der Waals surface area (Å²) in [6.07, 6.45) is 1.24. The van der Waals surface area contributed by atoms with Gasteiger partial charge in [0.25, 0.3) is 5.56 Å². The van der Waals surface area contributed by atoms with Crippen LogP contribution >= 0.6 is 11.3 Å². The molecule has 1 aliphatic rings. The van der Waals surface area contributed by atoms with Crippen molar-refractivity contribution in [2.24, 2.45) is 0 Å². The summed E-state index contributed by atoms with van der Waals surface area (Å²) in [6, 6.07) is 3.83. The number of carbonyl (C=O) groups excluding carboxylic acids is 1. The molecule has 1 saturated heterocycles. The smallest absolute Gasteiger partial charge is 0.409 e. The molecule has 8 nitrogen and oxygen atoms in total. The predicted octanol–water partition coefficient (Wildman–Crippen LogP) is 1.93. The Morgan fingerprint density at radius 3 is 2.88 bits per heavy atom. The SMILES string of the molecule is CCOC(=O)N1CCC(Nc2nnc(-c3cccs3)c(=O)[nH]2)CC1. The molecule has 0 aromatic carbocycles. The fraction of sp³-hybridized carbons (Fsp3) is 0.467. The first-order chi connectivity index (χ1) is 11.7. The van der Waals surface area contributed by atoms with Crippen LogP contribution < -0.4 is 10.9 Å². The average molecular weight is 349 g/mol. The van der Waals surface area contributed by atoms with Crippen molar-refractivity contribution in [1.29, 1.82) is 0 Å². The summed E-state index contributed by atoms with van der Waals surface area (Å²) in [7, 11) is 0. The molecule has 24 heavy (non-hydrogen) atoms. The van der Waals surface area contributed by atoms with E-state index in [1.807, 2.05) is 17.5 Å². The van der Waals surface area contributed by atoms with Gasteiger partial charge in [0.2, 0.25) is 5.95 Å². The molecule has 0 aliphatic carbocycles. The number of rotatable bonds is 4. The highest BCUT2D eigenvalue weighted by Gasteiger charge is 2.24. The number of nitrogens with one attached hydrogen (secondary N) is 2. The van der Waals surface area contributed by atoms with E-state index in [-0.39, 0.29) is 17.7 Å². The van der Waals surface area contributed by atoms with Gasteiger partial charge in [-0.15, -0.1) is 21.5 Å². The molecule has 0 radical (unpaired) electrons. The molecule has 2 N–H and O–H groups in total. The third kappa shape index (κ3) is 3.73. The van der Waals surface area contributed by atoms with Crippen LogP contribution in [0.3, 0.4) is 0 Å². The van der Waals surface area contributed by atoms with Crippen LogP contribution in [-0.2, 0) is 4.74 Å². The lowest BCUT2D eigenvalue weighted by Gasteiger charge is -2.31. The maximum Gasteiger partial charge on any atom is 0.409 e. The molecule has 3 heterocycles. The Hall–Kier alpha value is -2.42. The largest absolute Gasteiger partial charge is 0.450 e. The molecule has 0 bridgehead atoms. The number of piperidine rings is 1. The van der Waals surface area contributed by atoms with Gasteiger partial charge >= 0.3 is 6.09 Å². The van der Waals surface area contributed by atoms with E-state index >= 15 is 0 Å². The molecule has 0 unspecified atom stereocenters. The van der Waals surface area contributed by atoms with Crippen LogP contribution in [0.2, 0.25) is 0 Å². The number of hydrogen-bond acceptors (Lipinski definition) is 7. The average Bonchev–Trinajstić information content (AvgIpc) is 3.10. The summed E-state index contributed by atoms with van der Waals surface area (Å²) in [5, 5.41) is 13.2. The predicted molar refractivity (Wildman–Crippen MR) is 91.2 cm³/mol. The molecule has 9 heteroatoms. The zero-order valence-corrected chi connectivity index (χ0v) is 14.1. The summed E-state index contributed by atoms with van der Waals surface area (Å²) < 4.78 is 5.00. The first kappa shape index (κ1) is 16.4. The van der Waals surface area contributed by atoms with Gasteiger partial charge in [-0.05, 0) is 31.2 Å². The first-order valence-electron chi connectivity index (χ1n) is 7.86. The number of ether oxygens (including phenoxy) is 1. The summed E-state index contributed by atoms with van der Waals surface area (Å²) in [5.74, 6) is 0.356. The van der Waals surface area contributed by atoms with Gasteiger partial charge in [-0.3, -0.25) is 9.78 Å². The van der Waals surface area contributed by atoms with Gasteiger partial charge in [0, 0.05) is 19.1 Å². The van der Waals surface area contributed by atoms with Crippen molar-refractivity contribution in [3.8, 4) is 10.6 Å². The van der Waals surface area contributed by atoms with Crippen LogP contribution in [0.4, 0.5) is 10.7 Å². The summed E-state index contributed by atoms with van der Waals surface area (Å²) >= 11 is 1.45. The number of thiophene rings is 1. The lowest BCUT2D eigenvalue weighted by molar-refractivity contribution is 0.0983. The molecule has 2 aromatic heterocycles. The number of aromatic amines is 1. The third-order valence-electron chi connectivity index (χ3n) is 3.81. The monoisotopic (exact) mass is 349 g/mol. The van der Waals surface area contributed by atoms with E-state index in [1.54, 1.807) is 11.8 Å². The fourth-order valence-electron chi connectivity index (χ4n) is 2.59. The van der Waals surface area contributed by atoms with Gasteiger partial charge in [0.1, 0.15) is 0 Å². The van der Waals surface area contributed by atoms with Crippen molar-refractivity contribution >= 4 is 23.4 Å². The molecule has 1 aliphatic heterocycles. The Morgan fingerprint density at radius 1 is 1.46 bits per heavy atom. The van der Waals surface area contributed by atoms with E-state index in [0.29, 0.717) is 31.3 Å². The van der Waals surface area contributed by atoms with E-state index in [9.17, 15) is 9.59 Å². The molecule has 0 spiro atoms. The Morgan fingerprint density at radius 2 is 2.25 bits per heavy atom. The van der Waals surface area contributed by atoms with E-state index in [1.165, 1.54) is 11.3 Å². The summed E-state index contributed by atoms with van der Waals surface area (Å²) in [6.45, 7) is 3.40. The van der Waals surface area contributed by atoms with Gasteiger partial charge in [-0.2, -0.15) is 0 Å². The summed E-state index contributed by atoms with van der Waals surface area (Å²) in [5.41, 5.74) is 0.0617.